The minimum absolute atomic E-state index is 0.0628. The summed E-state index contributed by atoms with van der Waals surface area (Å²) in [6.07, 6.45) is 3.25. The molecule has 12 heteroatoms. The maximum atomic E-state index is 9.90. The lowest BCUT2D eigenvalue weighted by atomic mass is 10.2. The standard InChI is InChI=1S/C6H10O4.2C4H4O4/c7-5(8)3-1-2-4-6(9)10;2*5-3(6)1-2-4(7)8/h1-4H2,(H,7,8)(H,9,10);2*1-2H,(H,5,6)(H,7,8). The predicted molar refractivity (Wildman–Crippen MR) is 82.6 cm³/mol. The summed E-state index contributed by atoms with van der Waals surface area (Å²) in [7, 11) is 0. The average Bonchev–Trinajstić information content (AvgIpc) is 2.48. The molecule has 0 radical (unpaired) electrons. The second kappa shape index (κ2) is 17.7. The van der Waals surface area contributed by atoms with Crippen LogP contribution in [0.1, 0.15) is 25.7 Å². The van der Waals surface area contributed by atoms with Gasteiger partial charge in [-0.3, -0.25) is 9.59 Å². The van der Waals surface area contributed by atoms with Crippen LogP contribution >= 0.6 is 0 Å². The summed E-state index contributed by atoms with van der Waals surface area (Å²) >= 11 is 0. The molecule has 0 aromatic carbocycles. The van der Waals surface area contributed by atoms with Crippen LogP contribution < -0.4 is 0 Å². The van der Waals surface area contributed by atoms with Crippen LogP contribution in [-0.2, 0) is 28.8 Å². The van der Waals surface area contributed by atoms with Crippen molar-refractivity contribution in [2.24, 2.45) is 0 Å². The van der Waals surface area contributed by atoms with Gasteiger partial charge < -0.3 is 30.6 Å². The van der Waals surface area contributed by atoms with Crippen LogP contribution in [0.15, 0.2) is 24.3 Å². The normalized spacial score (nSPS) is 9.38. The largest absolute Gasteiger partial charge is 0.481 e. The van der Waals surface area contributed by atoms with E-state index in [1.807, 2.05) is 0 Å². The van der Waals surface area contributed by atoms with Crippen LogP contribution in [0.25, 0.3) is 0 Å². The van der Waals surface area contributed by atoms with E-state index < -0.39 is 35.8 Å². The van der Waals surface area contributed by atoms with E-state index in [4.69, 9.17) is 30.6 Å². The number of carboxylic acids is 6. The molecule has 0 aromatic rings. The van der Waals surface area contributed by atoms with Crippen LogP contribution in [0.5, 0.6) is 0 Å². The van der Waals surface area contributed by atoms with Gasteiger partial charge in [0.15, 0.2) is 0 Å². The first-order valence-corrected chi connectivity index (χ1v) is 6.59. The SMILES string of the molecule is O=C(O)C=CC(=O)O.O=C(O)C=CC(=O)O.O=C(O)CCCCC(=O)O. The summed E-state index contributed by atoms with van der Waals surface area (Å²) in [6.45, 7) is 0. The van der Waals surface area contributed by atoms with Crippen molar-refractivity contribution in [2.75, 3.05) is 0 Å². The number of rotatable bonds is 9. The summed E-state index contributed by atoms with van der Waals surface area (Å²) < 4.78 is 0. The molecule has 0 bridgehead atoms. The van der Waals surface area contributed by atoms with Crippen LogP contribution in [0.3, 0.4) is 0 Å². The lowest BCUT2D eigenvalue weighted by Crippen LogP contribution is -1.97. The fourth-order valence-corrected chi connectivity index (χ4v) is 0.838. The van der Waals surface area contributed by atoms with Gasteiger partial charge in [0.1, 0.15) is 0 Å². The molecule has 0 heterocycles. The van der Waals surface area contributed by atoms with Crippen molar-refractivity contribution in [1.29, 1.82) is 0 Å². The van der Waals surface area contributed by atoms with Gasteiger partial charge in [-0.15, -0.1) is 0 Å². The Bertz CT molecular complexity index is 476. The first kappa shape index (κ1) is 27.2. The molecule has 0 aliphatic heterocycles. The van der Waals surface area contributed by atoms with E-state index in [-0.39, 0.29) is 12.8 Å². The first-order chi connectivity index (χ1) is 11.9. The van der Waals surface area contributed by atoms with E-state index in [2.05, 4.69) is 0 Å². The lowest BCUT2D eigenvalue weighted by molar-refractivity contribution is -0.139. The smallest absolute Gasteiger partial charge is 0.328 e. The molecule has 0 saturated heterocycles. The molecule has 0 aliphatic carbocycles. The van der Waals surface area contributed by atoms with Gasteiger partial charge >= 0.3 is 35.8 Å². The topological polar surface area (TPSA) is 224 Å². The van der Waals surface area contributed by atoms with E-state index in [0.717, 1.165) is 0 Å². The van der Waals surface area contributed by atoms with Gasteiger partial charge in [-0.05, 0) is 12.8 Å². The summed E-state index contributed by atoms with van der Waals surface area (Å²) in [5.41, 5.74) is 0. The fourth-order valence-electron chi connectivity index (χ4n) is 0.838. The van der Waals surface area contributed by atoms with Gasteiger partial charge in [-0.2, -0.15) is 0 Å². The highest BCUT2D eigenvalue weighted by atomic mass is 16.4. The highest BCUT2D eigenvalue weighted by Crippen LogP contribution is 1.98. The number of aliphatic carboxylic acids is 6. The molecule has 0 aliphatic rings. The highest BCUT2D eigenvalue weighted by molar-refractivity contribution is 5.90. The van der Waals surface area contributed by atoms with Crippen LogP contribution in [0, 0.1) is 0 Å². The molecule has 0 fully saturated rings. The van der Waals surface area contributed by atoms with Gasteiger partial charge in [0, 0.05) is 37.1 Å². The van der Waals surface area contributed by atoms with Crippen molar-refractivity contribution in [1.82, 2.24) is 0 Å². The molecule has 0 spiro atoms. The van der Waals surface area contributed by atoms with E-state index in [0.29, 0.717) is 37.1 Å². The highest BCUT2D eigenvalue weighted by Gasteiger charge is 1.99. The Morgan fingerprint density at radius 2 is 0.654 bits per heavy atom. The van der Waals surface area contributed by atoms with Crippen molar-refractivity contribution in [3.8, 4) is 0 Å². The Balaban J connectivity index is -0.000000308. The zero-order valence-electron chi connectivity index (χ0n) is 13.3. The lowest BCUT2D eigenvalue weighted by Gasteiger charge is -1.92. The molecule has 0 aromatic heterocycles. The minimum Gasteiger partial charge on any atom is -0.481 e. The summed E-state index contributed by atoms with van der Waals surface area (Å²) in [6, 6.07) is 0. The van der Waals surface area contributed by atoms with Crippen molar-refractivity contribution < 1.29 is 59.4 Å². The van der Waals surface area contributed by atoms with Crippen molar-refractivity contribution >= 4 is 35.8 Å². The first-order valence-electron chi connectivity index (χ1n) is 6.59. The number of hydrogen-bond acceptors (Lipinski definition) is 6. The van der Waals surface area contributed by atoms with Crippen LogP contribution in [0.2, 0.25) is 0 Å². The molecule has 0 atom stereocenters. The zero-order valence-corrected chi connectivity index (χ0v) is 13.3. The fraction of sp³-hybridized carbons (Fsp3) is 0.286. The van der Waals surface area contributed by atoms with Gasteiger partial charge in [0.25, 0.3) is 0 Å². The van der Waals surface area contributed by atoms with Crippen molar-refractivity contribution in [3.63, 3.8) is 0 Å². The van der Waals surface area contributed by atoms with E-state index in [9.17, 15) is 28.8 Å². The monoisotopic (exact) mass is 378 g/mol. The molecule has 0 unspecified atom stereocenters. The van der Waals surface area contributed by atoms with Crippen molar-refractivity contribution in [3.05, 3.63) is 24.3 Å². The maximum Gasteiger partial charge on any atom is 0.328 e. The number of carbonyl (C=O) groups is 6. The summed E-state index contributed by atoms with van der Waals surface area (Å²) in [5, 5.41) is 47.5. The Morgan fingerprint density at radius 1 is 0.462 bits per heavy atom. The van der Waals surface area contributed by atoms with Crippen LogP contribution in [0.4, 0.5) is 0 Å². The minimum atomic E-state index is -1.26. The predicted octanol–water partition coefficient (Wildman–Crippen LogP) is 0.140. The third-order valence-electron chi connectivity index (χ3n) is 1.77. The van der Waals surface area contributed by atoms with Gasteiger partial charge in [-0.25, -0.2) is 19.2 Å². The van der Waals surface area contributed by atoms with Gasteiger partial charge in [0.2, 0.25) is 0 Å². The number of hydrogen-bond donors (Lipinski definition) is 6. The van der Waals surface area contributed by atoms with Gasteiger partial charge in [-0.1, -0.05) is 0 Å². The Kier molecular flexibility index (Phi) is 18.4. The molecular formula is C14H18O12. The Labute approximate surface area is 146 Å². The molecular weight excluding hydrogens is 360 g/mol. The van der Waals surface area contributed by atoms with E-state index >= 15 is 0 Å². The van der Waals surface area contributed by atoms with Crippen molar-refractivity contribution in [2.45, 2.75) is 25.7 Å². The third kappa shape index (κ3) is 42.7. The van der Waals surface area contributed by atoms with E-state index in [1.165, 1.54) is 0 Å². The quantitative estimate of drug-likeness (QED) is 0.233. The summed E-state index contributed by atoms with van der Waals surface area (Å²) in [4.78, 5) is 58.0. The zero-order chi connectivity index (χ0) is 21.1. The molecule has 6 N–H and O–H groups in total. The Hall–Kier alpha value is -3.70. The molecule has 0 rings (SSSR count). The van der Waals surface area contributed by atoms with E-state index in [1.54, 1.807) is 0 Å². The second-order valence-electron chi connectivity index (χ2n) is 4.01. The second-order valence-corrected chi connectivity index (χ2v) is 4.01. The average molecular weight is 378 g/mol. The maximum absolute atomic E-state index is 9.90. The Morgan fingerprint density at radius 3 is 0.769 bits per heavy atom. The molecule has 146 valence electrons. The number of carboxylic acid groups (broad SMARTS) is 6. The summed E-state index contributed by atoms with van der Waals surface area (Å²) in [5.74, 6) is -6.77. The van der Waals surface area contributed by atoms with Crippen LogP contribution in [-0.4, -0.2) is 66.5 Å². The third-order valence-corrected chi connectivity index (χ3v) is 1.77. The molecule has 12 nitrogen and oxygen atoms in total. The number of unbranched alkanes of at least 4 members (excludes halogenated alkanes) is 1. The molecule has 26 heavy (non-hydrogen) atoms. The molecule has 0 amide bonds. The molecule has 0 saturated carbocycles. The van der Waals surface area contributed by atoms with Gasteiger partial charge in [0.05, 0.1) is 0 Å².